The van der Waals surface area contributed by atoms with Crippen LogP contribution in [0.5, 0.6) is 0 Å². The monoisotopic (exact) mass is 318 g/mol. The van der Waals surface area contributed by atoms with E-state index in [2.05, 4.69) is 66.2 Å². The van der Waals surface area contributed by atoms with Gasteiger partial charge in [-0.05, 0) is 12.8 Å². The summed E-state index contributed by atoms with van der Waals surface area (Å²) >= 11 is 6.12. The molecule has 0 fully saturated rings. The van der Waals surface area contributed by atoms with Crippen molar-refractivity contribution in [2.24, 2.45) is 0 Å². The summed E-state index contributed by atoms with van der Waals surface area (Å²) in [4.78, 5) is 0. The zero-order chi connectivity index (χ0) is 8.41. The van der Waals surface area contributed by atoms with E-state index in [1.54, 1.807) is 0 Å². The Kier molecular flexibility index (Phi) is 4.20. The van der Waals surface area contributed by atoms with E-state index in [4.69, 9.17) is 0 Å². The number of hydrogen-bond acceptors (Lipinski definition) is 0. The maximum absolute atomic E-state index is 3.63. The van der Waals surface area contributed by atoms with Crippen molar-refractivity contribution in [2.45, 2.75) is 48.3 Å². The molecule has 10 heavy (non-hydrogen) atoms. The lowest BCUT2D eigenvalue weighted by Gasteiger charge is -2.22. The molecule has 0 saturated heterocycles. The zero-order valence-electron chi connectivity index (χ0n) is 7.17. The Bertz CT molecular complexity index is 82.8. The molecule has 0 rings (SSSR count). The van der Waals surface area contributed by atoms with Crippen molar-refractivity contribution in [3.05, 3.63) is 0 Å². The molecule has 0 N–H and O–H groups in total. The molecule has 0 nitrogen and oxygen atoms in total. The minimum absolute atomic E-state index is 0.315. The fourth-order valence-corrected chi connectivity index (χ4v) is 1.06. The minimum atomic E-state index is 0.315. The third-order valence-corrected chi connectivity index (χ3v) is 2.25. The molecule has 0 aliphatic heterocycles. The lowest BCUT2D eigenvalue weighted by molar-refractivity contribution is 0.555. The first-order valence-electron chi connectivity index (χ1n) is 3.59. The van der Waals surface area contributed by atoms with Gasteiger partial charge >= 0.3 is 0 Å². The predicted octanol–water partition coefficient (Wildman–Crippen LogP) is 4.15. The highest BCUT2D eigenvalue weighted by atomic mass is 127. The van der Waals surface area contributed by atoms with Crippen molar-refractivity contribution in [1.29, 1.82) is 0 Å². The molecule has 0 amide bonds. The maximum atomic E-state index is 3.63. The lowest BCUT2D eigenvalue weighted by atomic mass is 10.0. The highest BCUT2D eigenvalue weighted by Gasteiger charge is 2.18. The number of alkyl halides is 2. The molecule has 0 aromatic rings. The quantitative estimate of drug-likeness (QED) is 0.541. The number of hydrogen-bond donors (Lipinski definition) is 0. The van der Waals surface area contributed by atoms with Gasteiger partial charge in [-0.3, -0.25) is 0 Å². The van der Waals surface area contributed by atoms with Gasteiger partial charge in [0.1, 0.15) is 0 Å². The molecule has 62 valence electrons. The van der Waals surface area contributed by atoms with Crippen LogP contribution in [0.25, 0.3) is 0 Å². The third kappa shape index (κ3) is 9.21. The van der Waals surface area contributed by atoms with Gasteiger partial charge in [0.2, 0.25) is 0 Å². The van der Waals surface area contributed by atoms with Crippen molar-refractivity contribution in [1.82, 2.24) is 0 Å². The summed E-state index contributed by atoms with van der Waals surface area (Å²) in [5, 5.41) is 0. The van der Waals surface area contributed by atoms with Crippen molar-refractivity contribution in [3.8, 4) is 0 Å². The summed E-state index contributed by atoms with van der Waals surface area (Å²) in [5.74, 6) is 0. The standard InChI is InChI=1S/C8H16BrI/c1-7(2,9)5-6-8(3,4)10/h5-6H2,1-4H3. The van der Waals surface area contributed by atoms with E-state index in [-0.39, 0.29) is 0 Å². The molecular formula is C8H16BrI. The average molecular weight is 319 g/mol. The highest BCUT2D eigenvalue weighted by Crippen LogP contribution is 2.30. The van der Waals surface area contributed by atoms with Crippen molar-refractivity contribution in [2.75, 3.05) is 0 Å². The molecule has 0 unspecified atom stereocenters. The molecular weight excluding hydrogens is 303 g/mol. The van der Waals surface area contributed by atoms with Crippen LogP contribution in [0.2, 0.25) is 0 Å². The van der Waals surface area contributed by atoms with Crippen molar-refractivity contribution < 1.29 is 0 Å². The summed E-state index contributed by atoms with van der Waals surface area (Å²) in [7, 11) is 0. The van der Waals surface area contributed by atoms with E-state index in [1.807, 2.05) is 0 Å². The second kappa shape index (κ2) is 3.74. The van der Waals surface area contributed by atoms with Gasteiger partial charge in [-0.2, -0.15) is 0 Å². The molecule has 0 radical (unpaired) electrons. The topological polar surface area (TPSA) is 0 Å². The molecule has 0 aromatic heterocycles. The van der Waals surface area contributed by atoms with Gasteiger partial charge in [0.05, 0.1) is 0 Å². The van der Waals surface area contributed by atoms with E-state index in [9.17, 15) is 0 Å². The van der Waals surface area contributed by atoms with Gasteiger partial charge in [-0.15, -0.1) is 0 Å². The zero-order valence-corrected chi connectivity index (χ0v) is 10.9. The highest BCUT2D eigenvalue weighted by molar-refractivity contribution is 14.1. The molecule has 0 aromatic carbocycles. The van der Waals surface area contributed by atoms with Crippen molar-refractivity contribution in [3.63, 3.8) is 0 Å². The molecule has 0 bridgehead atoms. The van der Waals surface area contributed by atoms with Gasteiger partial charge < -0.3 is 0 Å². The van der Waals surface area contributed by atoms with Crippen LogP contribution < -0.4 is 0 Å². The minimum Gasteiger partial charge on any atom is -0.0859 e. The Morgan fingerprint density at radius 3 is 1.60 bits per heavy atom. The summed E-state index contributed by atoms with van der Waals surface area (Å²) in [5.41, 5.74) is 0. The molecule has 2 heteroatoms. The van der Waals surface area contributed by atoms with E-state index < -0.39 is 0 Å². The molecule has 0 saturated carbocycles. The summed E-state index contributed by atoms with van der Waals surface area (Å²) in [6.07, 6.45) is 2.51. The molecule has 0 spiro atoms. The van der Waals surface area contributed by atoms with E-state index in [1.165, 1.54) is 12.8 Å². The van der Waals surface area contributed by atoms with Crippen LogP contribution in [0.15, 0.2) is 0 Å². The molecule has 0 heterocycles. The van der Waals surface area contributed by atoms with Crippen LogP contribution in [0, 0.1) is 0 Å². The van der Waals surface area contributed by atoms with Crippen LogP contribution >= 0.6 is 38.5 Å². The third-order valence-electron chi connectivity index (χ3n) is 1.31. The van der Waals surface area contributed by atoms with Crippen LogP contribution in [-0.4, -0.2) is 7.75 Å². The van der Waals surface area contributed by atoms with E-state index in [0.29, 0.717) is 7.75 Å². The van der Waals surface area contributed by atoms with Gasteiger partial charge in [-0.1, -0.05) is 66.2 Å². The fourth-order valence-electron chi connectivity index (χ4n) is 0.594. The van der Waals surface area contributed by atoms with E-state index >= 15 is 0 Å². The van der Waals surface area contributed by atoms with Crippen LogP contribution in [0.1, 0.15) is 40.5 Å². The van der Waals surface area contributed by atoms with Gasteiger partial charge in [0.15, 0.2) is 0 Å². The summed E-state index contributed by atoms with van der Waals surface area (Å²) in [6.45, 7) is 8.98. The normalized spacial score (nSPS) is 13.8. The maximum Gasteiger partial charge on any atom is 0.0202 e. The molecule has 0 aliphatic carbocycles. The first-order valence-corrected chi connectivity index (χ1v) is 5.46. The lowest BCUT2D eigenvalue weighted by Crippen LogP contribution is -2.16. The second-order valence-electron chi connectivity index (χ2n) is 3.94. The summed E-state index contributed by atoms with van der Waals surface area (Å²) in [6, 6.07) is 0. The Morgan fingerprint density at radius 1 is 1.10 bits per heavy atom. The van der Waals surface area contributed by atoms with Gasteiger partial charge in [0.25, 0.3) is 0 Å². The van der Waals surface area contributed by atoms with Crippen LogP contribution in [0.3, 0.4) is 0 Å². The first-order chi connectivity index (χ1) is 4.21. The summed E-state index contributed by atoms with van der Waals surface area (Å²) < 4.78 is 0.762. The Hall–Kier alpha value is 1.21. The first kappa shape index (κ1) is 11.2. The number of rotatable bonds is 3. The Balaban J connectivity index is 3.56. The fraction of sp³-hybridized carbons (Fsp3) is 1.00. The predicted molar refractivity (Wildman–Crippen MR) is 60.3 cm³/mol. The Morgan fingerprint density at radius 2 is 1.50 bits per heavy atom. The Labute approximate surface area is 86.4 Å². The number of halogens is 2. The molecule has 0 aliphatic rings. The van der Waals surface area contributed by atoms with E-state index in [0.717, 1.165) is 0 Å². The average Bonchev–Trinajstić information content (AvgIpc) is 1.57. The smallest absolute Gasteiger partial charge is 0.0202 e. The van der Waals surface area contributed by atoms with Gasteiger partial charge in [-0.25, -0.2) is 0 Å². The largest absolute Gasteiger partial charge is 0.0859 e. The van der Waals surface area contributed by atoms with Crippen LogP contribution in [0.4, 0.5) is 0 Å². The second-order valence-corrected chi connectivity index (χ2v) is 9.00. The van der Waals surface area contributed by atoms with Gasteiger partial charge in [0, 0.05) is 7.75 Å². The SMILES string of the molecule is CC(C)(Br)CCC(C)(C)I. The molecule has 0 atom stereocenters. The van der Waals surface area contributed by atoms with Crippen molar-refractivity contribution >= 4 is 38.5 Å². The van der Waals surface area contributed by atoms with Crippen LogP contribution in [-0.2, 0) is 0 Å².